The lowest BCUT2D eigenvalue weighted by atomic mass is 10.9. The predicted octanol–water partition coefficient (Wildman–Crippen LogP) is 0.0742. The van der Waals surface area contributed by atoms with Gasteiger partial charge in [0, 0.05) is 6.92 Å². The Morgan fingerprint density at radius 3 is 1.30 bits per heavy atom. The van der Waals surface area contributed by atoms with Crippen molar-refractivity contribution in [3.63, 3.8) is 0 Å². The van der Waals surface area contributed by atoms with Gasteiger partial charge in [0.1, 0.15) is 0 Å². The Balaban J connectivity index is -0.0000000910. The van der Waals surface area contributed by atoms with Crippen molar-refractivity contribution in [1.82, 2.24) is 0 Å². The molecule has 64 valence electrons. The number of carboxylic acids is 1. The fourth-order valence-electron chi connectivity index (χ4n) is 0. The molecule has 0 aromatic heterocycles. The summed E-state index contributed by atoms with van der Waals surface area (Å²) in [5, 5.41) is 7.42. The highest BCUT2D eigenvalue weighted by atomic mass is 32.3. The van der Waals surface area contributed by atoms with Gasteiger partial charge in [-0.3, -0.25) is 13.9 Å². The van der Waals surface area contributed by atoms with Crippen LogP contribution >= 0.6 is 0 Å². The highest BCUT2D eigenvalue weighted by molar-refractivity contribution is 7.79. The van der Waals surface area contributed by atoms with Crippen LogP contribution in [0, 0.1) is 0 Å². The maximum absolute atomic E-state index is 9.00. The quantitative estimate of drug-likeness (QED) is 0.448. The molecular formula is C3H10O6S. The molecule has 0 radical (unpaired) electrons. The van der Waals surface area contributed by atoms with E-state index in [4.69, 9.17) is 27.4 Å². The molecule has 0 fully saturated rings. The van der Waals surface area contributed by atoms with Crippen LogP contribution in [-0.4, -0.2) is 28.6 Å². The van der Waals surface area contributed by atoms with Crippen LogP contribution in [0.15, 0.2) is 0 Å². The van der Waals surface area contributed by atoms with E-state index in [1.165, 1.54) is 0 Å². The molecule has 0 spiro atoms. The molecule has 10 heavy (non-hydrogen) atoms. The van der Waals surface area contributed by atoms with Crippen molar-refractivity contribution in [2.45, 2.75) is 14.4 Å². The van der Waals surface area contributed by atoms with Crippen LogP contribution < -0.4 is 0 Å². The third-order valence-electron chi connectivity index (χ3n) is 0. The highest BCUT2D eigenvalue weighted by Crippen LogP contribution is 1.59. The van der Waals surface area contributed by atoms with E-state index >= 15 is 0 Å². The van der Waals surface area contributed by atoms with Crippen LogP contribution in [0.4, 0.5) is 0 Å². The second-order valence-electron chi connectivity index (χ2n) is 0.967. The minimum Gasteiger partial charge on any atom is -0.481 e. The largest absolute Gasteiger partial charge is 0.481 e. The van der Waals surface area contributed by atoms with E-state index in [0.29, 0.717) is 0 Å². The fourth-order valence-corrected chi connectivity index (χ4v) is 0. The molecule has 0 heterocycles. The van der Waals surface area contributed by atoms with Crippen molar-refractivity contribution in [1.29, 1.82) is 0 Å². The minimum absolute atomic E-state index is 0. The maximum atomic E-state index is 9.00. The van der Waals surface area contributed by atoms with Gasteiger partial charge in [-0.05, 0) is 0 Å². The van der Waals surface area contributed by atoms with E-state index in [9.17, 15) is 0 Å². The van der Waals surface area contributed by atoms with E-state index in [0.717, 1.165) is 6.92 Å². The molecule has 0 unspecified atom stereocenters. The molecule has 0 aliphatic rings. The van der Waals surface area contributed by atoms with Gasteiger partial charge in [-0.15, -0.1) is 0 Å². The van der Waals surface area contributed by atoms with Crippen LogP contribution in [0.3, 0.4) is 0 Å². The first-order chi connectivity index (χ1) is 3.73. The van der Waals surface area contributed by atoms with Crippen molar-refractivity contribution < 1.29 is 27.4 Å². The maximum Gasteiger partial charge on any atom is 0.394 e. The lowest BCUT2D eigenvalue weighted by Gasteiger charge is -1.68. The molecule has 0 saturated carbocycles. The first kappa shape index (κ1) is 16.2. The van der Waals surface area contributed by atoms with Gasteiger partial charge in [-0.25, -0.2) is 0 Å². The fraction of sp³-hybridized carbons (Fsp3) is 0.667. The van der Waals surface area contributed by atoms with E-state index in [1.54, 1.807) is 0 Å². The van der Waals surface area contributed by atoms with Gasteiger partial charge >= 0.3 is 10.4 Å². The zero-order valence-corrected chi connectivity index (χ0v) is 5.29. The molecule has 0 bridgehead atoms. The lowest BCUT2D eigenvalue weighted by molar-refractivity contribution is -0.134. The molecule has 0 amide bonds. The van der Waals surface area contributed by atoms with Crippen molar-refractivity contribution >= 4 is 16.4 Å². The van der Waals surface area contributed by atoms with Gasteiger partial charge in [0.25, 0.3) is 5.97 Å². The number of hydrogen-bond acceptors (Lipinski definition) is 3. The molecule has 7 heteroatoms. The Kier molecular flexibility index (Phi) is 10.4. The summed E-state index contributed by atoms with van der Waals surface area (Å²) in [7, 11) is -4.67. The number of carboxylic acid groups (broad SMARTS) is 1. The third-order valence-corrected chi connectivity index (χ3v) is 0. The second kappa shape index (κ2) is 6.46. The summed E-state index contributed by atoms with van der Waals surface area (Å²) < 4.78 is 31.6. The first-order valence-corrected chi connectivity index (χ1v) is 3.02. The molecule has 0 aliphatic heterocycles. The van der Waals surface area contributed by atoms with Crippen molar-refractivity contribution in [3.8, 4) is 0 Å². The topological polar surface area (TPSA) is 112 Å². The molecule has 0 saturated heterocycles. The molecule has 6 nitrogen and oxygen atoms in total. The average molecular weight is 174 g/mol. The monoisotopic (exact) mass is 174 g/mol. The van der Waals surface area contributed by atoms with Gasteiger partial charge in [0.05, 0.1) is 0 Å². The molecule has 0 rings (SSSR count). The number of carbonyl (C=O) groups is 1. The van der Waals surface area contributed by atoms with Crippen molar-refractivity contribution in [2.24, 2.45) is 0 Å². The van der Waals surface area contributed by atoms with Crippen molar-refractivity contribution in [2.75, 3.05) is 0 Å². The molecule has 3 N–H and O–H groups in total. The van der Waals surface area contributed by atoms with E-state index < -0.39 is 16.4 Å². The summed E-state index contributed by atoms with van der Waals surface area (Å²) in [5.74, 6) is -0.833. The smallest absolute Gasteiger partial charge is 0.394 e. The Labute approximate surface area is 59.1 Å². The molecule has 0 aliphatic carbocycles. The van der Waals surface area contributed by atoms with Gasteiger partial charge in [-0.1, -0.05) is 7.43 Å². The zero-order chi connectivity index (χ0) is 8.08. The summed E-state index contributed by atoms with van der Waals surface area (Å²) in [5.41, 5.74) is 0. The van der Waals surface area contributed by atoms with Gasteiger partial charge in [-0.2, -0.15) is 8.42 Å². The normalized spacial score (nSPS) is 8.30. The van der Waals surface area contributed by atoms with Gasteiger partial charge < -0.3 is 5.11 Å². The minimum atomic E-state index is -4.67. The number of hydrogen-bond donors (Lipinski definition) is 3. The number of aliphatic carboxylic acids is 1. The molecule has 0 aromatic carbocycles. The van der Waals surface area contributed by atoms with Gasteiger partial charge in [0.15, 0.2) is 0 Å². The highest BCUT2D eigenvalue weighted by Gasteiger charge is 1.84. The Morgan fingerprint density at radius 2 is 1.30 bits per heavy atom. The van der Waals surface area contributed by atoms with E-state index in [1.807, 2.05) is 0 Å². The van der Waals surface area contributed by atoms with Gasteiger partial charge in [0.2, 0.25) is 0 Å². The average Bonchev–Trinajstić information content (AvgIpc) is 1.19. The SMILES string of the molecule is C.CC(=O)O.O=S(=O)(O)O. The lowest BCUT2D eigenvalue weighted by Crippen LogP contribution is -1.89. The van der Waals surface area contributed by atoms with Crippen LogP contribution in [-0.2, 0) is 15.2 Å². The zero-order valence-electron chi connectivity index (χ0n) is 4.47. The Morgan fingerprint density at radius 1 is 1.30 bits per heavy atom. The summed E-state index contributed by atoms with van der Waals surface area (Å²) >= 11 is 0. The van der Waals surface area contributed by atoms with E-state index in [2.05, 4.69) is 0 Å². The summed E-state index contributed by atoms with van der Waals surface area (Å²) in [6.07, 6.45) is 0. The molecular weight excluding hydrogens is 164 g/mol. The summed E-state index contributed by atoms with van der Waals surface area (Å²) in [6.45, 7) is 1.08. The number of rotatable bonds is 0. The summed E-state index contributed by atoms with van der Waals surface area (Å²) in [4.78, 5) is 9.00. The second-order valence-corrected chi connectivity index (χ2v) is 1.86. The summed E-state index contributed by atoms with van der Waals surface area (Å²) in [6, 6.07) is 0. The Hall–Kier alpha value is -0.660. The third kappa shape index (κ3) is 677. The standard InChI is InChI=1S/C2H4O2.CH4.H2O4S/c1-2(3)4;;1-5(2,3)4/h1H3,(H,3,4);1H4;(H2,1,2,3,4). The van der Waals surface area contributed by atoms with E-state index in [-0.39, 0.29) is 7.43 Å². The molecule has 0 atom stereocenters. The van der Waals surface area contributed by atoms with Crippen LogP contribution in [0.25, 0.3) is 0 Å². The molecule has 0 aromatic rings. The van der Waals surface area contributed by atoms with Crippen LogP contribution in [0.5, 0.6) is 0 Å². The first-order valence-electron chi connectivity index (χ1n) is 1.63. The van der Waals surface area contributed by atoms with Crippen LogP contribution in [0.1, 0.15) is 14.4 Å². The predicted molar refractivity (Wildman–Crippen MR) is 34.2 cm³/mol. The van der Waals surface area contributed by atoms with Crippen LogP contribution in [0.2, 0.25) is 0 Å². The van der Waals surface area contributed by atoms with Crippen molar-refractivity contribution in [3.05, 3.63) is 0 Å². The Bertz CT molecular complexity index is 155.